The predicted molar refractivity (Wildman–Crippen MR) is 73.2 cm³/mol. The van der Waals surface area contributed by atoms with Crippen LogP contribution >= 0.6 is 11.3 Å². The third-order valence-electron chi connectivity index (χ3n) is 3.25. The number of aromatic nitrogens is 1. The fourth-order valence-electron chi connectivity index (χ4n) is 2.33. The number of nitriles is 1. The molecule has 0 radical (unpaired) electrons. The van der Waals surface area contributed by atoms with Crippen LogP contribution in [0.3, 0.4) is 0 Å². The highest BCUT2D eigenvalue weighted by Gasteiger charge is 2.23. The summed E-state index contributed by atoms with van der Waals surface area (Å²) in [5.74, 6) is -1.13. The second kappa shape index (κ2) is 5.02. The molecule has 0 fully saturated rings. The van der Waals surface area contributed by atoms with Crippen molar-refractivity contribution in [3.05, 3.63) is 45.8 Å². The number of anilines is 1. The van der Waals surface area contributed by atoms with E-state index in [0.717, 1.165) is 35.8 Å². The van der Waals surface area contributed by atoms with Crippen molar-refractivity contribution < 1.29 is 9.18 Å². The number of halogens is 1. The molecule has 0 saturated carbocycles. The summed E-state index contributed by atoms with van der Waals surface area (Å²) in [7, 11) is 0. The van der Waals surface area contributed by atoms with Crippen molar-refractivity contribution in [2.24, 2.45) is 0 Å². The number of thiophene rings is 1. The molecule has 0 unspecified atom stereocenters. The molecule has 0 spiro atoms. The molecule has 1 N–H and O–H groups in total. The average Bonchev–Trinajstić information content (AvgIpc) is 2.98. The zero-order chi connectivity index (χ0) is 14.1. The first-order chi connectivity index (χ1) is 9.69. The molecule has 2 aromatic heterocycles. The van der Waals surface area contributed by atoms with Crippen LogP contribution in [0.15, 0.2) is 18.3 Å². The average molecular weight is 287 g/mol. The van der Waals surface area contributed by atoms with Gasteiger partial charge in [-0.25, -0.2) is 4.98 Å². The van der Waals surface area contributed by atoms with Crippen molar-refractivity contribution in [2.75, 3.05) is 5.32 Å². The quantitative estimate of drug-likeness (QED) is 0.864. The molecule has 20 heavy (non-hydrogen) atoms. The lowest BCUT2D eigenvalue weighted by molar-refractivity contribution is 0.102. The second-order valence-corrected chi connectivity index (χ2v) is 5.60. The highest BCUT2D eigenvalue weighted by atomic mass is 32.1. The van der Waals surface area contributed by atoms with Gasteiger partial charge >= 0.3 is 0 Å². The number of amides is 1. The number of fused-ring (bicyclic) bond motifs is 1. The minimum absolute atomic E-state index is 0.190. The van der Waals surface area contributed by atoms with E-state index in [9.17, 15) is 14.4 Å². The first-order valence-electron chi connectivity index (χ1n) is 6.16. The number of carbonyl (C=O) groups is 1. The Hall–Kier alpha value is -2.26. The van der Waals surface area contributed by atoms with Gasteiger partial charge in [0.05, 0.1) is 5.56 Å². The molecule has 1 amide bonds. The Bertz CT molecular complexity index is 733. The van der Waals surface area contributed by atoms with Gasteiger partial charge in [0.25, 0.3) is 5.91 Å². The lowest BCUT2D eigenvalue weighted by Gasteiger charge is -2.03. The largest absolute Gasteiger partial charge is 0.312 e. The summed E-state index contributed by atoms with van der Waals surface area (Å²) < 4.78 is 13.0. The standard InChI is InChI=1S/C14H10FN3OS/c15-12-6-8(4-5-17-12)13(19)18-14-10(7-16)9-2-1-3-11(9)20-14/h4-6H,1-3H2,(H,18,19). The third-order valence-corrected chi connectivity index (χ3v) is 4.46. The summed E-state index contributed by atoms with van der Waals surface area (Å²) in [4.78, 5) is 16.6. The fourth-order valence-corrected chi connectivity index (χ4v) is 3.56. The van der Waals surface area contributed by atoms with E-state index < -0.39 is 11.9 Å². The SMILES string of the molecule is N#Cc1c(NC(=O)c2ccnc(F)c2)sc2c1CCC2. The Kier molecular flexibility index (Phi) is 3.20. The molecule has 6 heteroatoms. The van der Waals surface area contributed by atoms with Gasteiger partial charge in [-0.05, 0) is 30.9 Å². The van der Waals surface area contributed by atoms with Crippen molar-refractivity contribution >= 4 is 22.2 Å². The number of nitrogens with one attached hydrogen (secondary N) is 1. The molecular formula is C14H10FN3OS. The van der Waals surface area contributed by atoms with Gasteiger partial charge in [0.2, 0.25) is 5.95 Å². The Balaban J connectivity index is 1.89. The maximum absolute atomic E-state index is 13.0. The number of aryl methyl sites for hydroxylation is 1. The topological polar surface area (TPSA) is 65.8 Å². The van der Waals surface area contributed by atoms with Crippen LogP contribution in [0.4, 0.5) is 9.39 Å². The normalized spacial score (nSPS) is 12.8. The second-order valence-electron chi connectivity index (χ2n) is 4.49. The first-order valence-corrected chi connectivity index (χ1v) is 6.98. The first kappa shape index (κ1) is 12.8. The zero-order valence-electron chi connectivity index (χ0n) is 10.4. The molecule has 1 aliphatic carbocycles. The van der Waals surface area contributed by atoms with Crippen LogP contribution in [0, 0.1) is 17.3 Å². The van der Waals surface area contributed by atoms with Gasteiger partial charge in [-0.2, -0.15) is 9.65 Å². The lowest BCUT2D eigenvalue weighted by atomic mass is 10.1. The van der Waals surface area contributed by atoms with Crippen LogP contribution in [0.2, 0.25) is 0 Å². The van der Waals surface area contributed by atoms with Gasteiger partial charge in [0.15, 0.2) is 0 Å². The van der Waals surface area contributed by atoms with E-state index in [-0.39, 0.29) is 5.56 Å². The van der Waals surface area contributed by atoms with Crippen molar-refractivity contribution in [1.29, 1.82) is 5.26 Å². The van der Waals surface area contributed by atoms with Gasteiger partial charge < -0.3 is 5.32 Å². The number of hydrogen-bond acceptors (Lipinski definition) is 4. The molecule has 4 nitrogen and oxygen atoms in total. The van der Waals surface area contributed by atoms with Crippen LogP contribution < -0.4 is 5.32 Å². The molecule has 3 rings (SSSR count). The van der Waals surface area contributed by atoms with Crippen molar-refractivity contribution in [1.82, 2.24) is 4.98 Å². The van der Waals surface area contributed by atoms with Crippen LogP contribution in [-0.4, -0.2) is 10.9 Å². The molecule has 0 aliphatic heterocycles. The third kappa shape index (κ3) is 2.17. The van der Waals surface area contributed by atoms with Gasteiger partial charge in [-0.15, -0.1) is 11.3 Å². The smallest absolute Gasteiger partial charge is 0.256 e. The van der Waals surface area contributed by atoms with E-state index in [2.05, 4.69) is 16.4 Å². The van der Waals surface area contributed by atoms with E-state index in [4.69, 9.17) is 0 Å². The molecule has 100 valence electrons. The maximum atomic E-state index is 13.0. The summed E-state index contributed by atoms with van der Waals surface area (Å²) in [6.45, 7) is 0. The van der Waals surface area contributed by atoms with Gasteiger partial charge in [-0.1, -0.05) is 0 Å². The molecule has 0 saturated heterocycles. The Morgan fingerprint density at radius 3 is 3.10 bits per heavy atom. The van der Waals surface area contributed by atoms with E-state index in [1.807, 2.05) is 0 Å². The summed E-state index contributed by atoms with van der Waals surface area (Å²) >= 11 is 1.44. The Labute approximate surface area is 118 Å². The van der Waals surface area contributed by atoms with Crippen molar-refractivity contribution in [3.63, 3.8) is 0 Å². The van der Waals surface area contributed by atoms with E-state index in [0.29, 0.717) is 10.6 Å². The number of nitrogens with zero attached hydrogens (tertiary/aromatic N) is 2. The highest BCUT2D eigenvalue weighted by Crippen LogP contribution is 2.38. The van der Waals surface area contributed by atoms with E-state index in [1.54, 1.807) is 0 Å². The molecule has 0 atom stereocenters. The summed E-state index contributed by atoms with van der Waals surface area (Å²) in [5, 5.41) is 12.5. The predicted octanol–water partition coefficient (Wildman–Crippen LogP) is 2.89. The summed E-state index contributed by atoms with van der Waals surface area (Å²) in [5.41, 5.74) is 1.79. The van der Waals surface area contributed by atoms with Gasteiger partial charge in [0.1, 0.15) is 11.1 Å². The highest BCUT2D eigenvalue weighted by molar-refractivity contribution is 7.16. The zero-order valence-corrected chi connectivity index (χ0v) is 11.3. The number of pyridine rings is 1. The van der Waals surface area contributed by atoms with E-state index >= 15 is 0 Å². The van der Waals surface area contributed by atoms with Crippen LogP contribution in [0.1, 0.15) is 32.8 Å². The molecule has 2 heterocycles. The summed E-state index contributed by atoms with van der Waals surface area (Å²) in [6.07, 6.45) is 4.13. The molecule has 2 aromatic rings. The minimum Gasteiger partial charge on any atom is -0.312 e. The summed E-state index contributed by atoms with van der Waals surface area (Å²) in [6, 6.07) is 4.66. The Morgan fingerprint density at radius 2 is 2.35 bits per heavy atom. The molecule has 0 bridgehead atoms. The minimum atomic E-state index is -0.702. The number of carbonyl (C=O) groups excluding carboxylic acids is 1. The van der Waals surface area contributed by atoms with Crippen LogP contribution in [0.25, 0.3) is 0 Å². The van der Waals surface area contributed by atoms with Crippen molar-refractivity contribution in [3.8, 4) is 6.07 Å². The van der Waals surface area contributed by atoms with Gasteiger partial charge in [0, 0.05) is 22.7 Å². The van der Waals surface area contributed by atoms with Crippen LogP contribution in [0.5, 0.6) is 0 Å². The van der Waals surface area contributed by atoms with Gasteiger partial charge in [-0.3, -0.25) is 4.79 Å². The fraction of sp³-hybridized carbons (Fsp3) is 0.214. The van der Waals surface area contributed by atoms with Crippen LogP contribution in [-0.2, 0) is 12.8 Å². The van der Waals surface area contributed by atoms with E-state index in [1.165, 1.54) is 23.6 Å². The maximum Gasteiger partial charge on any atom is 0.256 e. The van der Waals surface area contributed by atoms with Crippen molar-refractivity contribution in [2.45, 2.75) is 19.3 Å². The Morgan fingerprint density at radius 1 is 1.50 bits per heavy atom. The lowest BCUT2D eigenvalue weighted by Crippen LogP contribution is -2.12. The molecule has 1 aliphatic rings. The molecular weight excluding hydrogens is 277 g/mol. The monoisotopic (exact) mass is 287 g/mol. The molecule has 0 aromatic carbocycles. The number of rotatable bonds is 2. The number of hydrogen-bond donors (Lipinski definition) is 1.